The van der Waals surface area contributed by atoms with Gasteiger partial charge in [-0.05, 0) is 13.8 Å². The van der Waals surface area contributed by atoms with Gasteiger partial charge in [0.15, 0.2) is 0 Å². The molecular formula is C8H8F8O. The lowest BCUT2D eigenvalue weighted by Gasteiger charge is -2.37. The van der Waals surface area contributed by atoms with Crippen molar-refractivity contribution in [2.75, 3.05) is 0 Å². The molecule has 1 aliphatic carbocycles. The zero-order valence-electron chi connectivity index (χ0n) is 8.55. The maximum Gasteiger partial charge on any atom is 0.378 e. The summed E-state index contributed by atoms with van der Waals surface area (Å²) in [6.45, 7) is 0.427. The topological polar surface area (TPSA) is 20.2 Å². The molecule has 0 heterocycles. The zero-order chi connectivity index (χ0) is 14.1. The molecule has 102 valence electrons. The van der Waals surface area contributed by atoms with Crippen LogP contribution in [0.4, 0.5) is 35.1 Å². The molecule has 1 nitrogen and oxygen atoms in total. The monoisotopic (exact) mass is 272 g/mol. The van der Waals surface area contributed by atoms with Crippen LogP contribution in [0.15, 0.2) is 0 Å². The molecule has 0 aliphatic heterocycles. The molecule has 1 rings (SSSR count). The lowest BCUT2D eigenvalue weighted by Crippen LogP contribution is -2.63. The number of hydrogen-bond acceptors (Lipinski definition) is 1. The largest absolute Gasteiger partial charge is 0.387 e. The molecule has 1 aliphatic rings. The fraction of sp³-hybridized carbons (Fsp3) is 1.00. The van der Waals surface area contributed by atoms with Gasteiger partial charge in [-0.2, -0.15) is 26.3 Å². The second-order valence-electron chi connectivity index (χ2n) is 4.41. The van der Waals surface area contributed by atoms with Crippen LogP contribution < -0.4 is 0 Å². The lowest BCUT2D eigenvalue weighted by atomic mass is 9.82. The van der Waals surface area contributed by atoms with E-state index in [-0.39, 0.29) is 13.8 Å². The number of alkyl halides is 8. The van der Waals surface area contributed by atoms with E-state index >= 15 is 0 Å². The molecule has 0 amide bonds. The maximum atomic E-state index is 13.6. The van der Waals surface area contributed by atoms with Crippen molar-refractivity contribution in [3.63, 3.8) is 0 Å². The standard InChI is InChI=1S/C8H8F8O/c1-4(2,17)5(10)3(9)6(11,12)8(15,16)7(5,13)14/h3,17H,1-2H3. The van der Waals surface area contributed by atoms with Crippen molar-refractivity contribution in [3.8, 4) is 0 Å². The second kappa shape index (κ2) is 3.04. The Morgan fingerprint density at radius 1 is 0.882 bits per heavy atom. The molecule has 0 spiro atoms. The van der Waals surface area contributed by atoms with Gasteiger partial charge in [0.2, 0.25) is 11.8 Å². The summed E-state index contributed by atoms with van der Waals surface area (Å²) >= 11 is 0. The average molecular weight is 272 g/mol. The Balaban J connectivity index is 3.57. The number of rotatable bonds is 1. The van der Waals surface area contributed by atoms with E-state index in [1.807, 2.05) is 0 Å². The smallest absolute Gasteiger partial charge is 0.378 e. The molecule has 1 fully saturated rings. The van der Waals surface area contributed by atoms with Gasteiger partial charge in [0.1, 0.15) is 5.60 Å². The van der Waals surface area contributed by atoms with E-state index in [1.165, 1.54) is 0 Å². The van der Waals surface area contributed by atoms with Gasteiger partial charge < -0.3 is 5.11 Å². The van der Waals surface area contributed by atoms with E-state index in [9.17, 15) is 35.1 Å². The summed E-state index contributed by atoms with van der Waals surface area (Å²) in [6.07, 6.45) is -4.53. The Hall–Kier alpha value is -0.600. The number of aliphatic hydroxyl groups is 1. The van der Waals surface area contributed by atoms with E-state index in [2.05, 4.69) is 0 Å². The Morgan fingerprint density at radius 2 is 1.24 bits per heavy atom. The minimum Gasteiger partial charge on any atom is -0.387 e. The molecule has 9 heteroatoms. The van der Waals surface area contributed by atoms with Crippen molar-refractivity contribution in [1.82, 2.24) is 0 Å². The van der Waals surface area contributed by atoms with Gasteiger partial charge in [-0.15, -0.1) is 0 Å². The van der Waals surface area contributed by atoms with Crippen LogP contribution in [0.5, 0.6) is 0 Å². The first-order valence-corrected chi connectivity index (χ1v) is 4.34. The summed E-state index contributed by atoms with van der Waals surface area (Å²) in [5, 5.41) is 8.99. The molecule has 1 saturated carbocycles. The van der Waals surface area contributed by atoms with Crippen LogP contribution in [0.2, 0.25) is 0 Å². The quantitative estimate of drug-likeness (QED) is 0.728. The van der Waals surface area contributed by atoms with Crippen LogP contribution in [-0.2, 0) is 0 Å². The van der Waals surface area contributed by atoms with Gasteiger partial charge in [-0.3, -0.25) is 0 Å². The predicted octanol–water partition coefficient (Wildman–Crippen LogP) is 2.72. The molecule has 0 aromatic heterocycles. The van der Waals surface area contributed by atoms with Crippen LogP contribution in [0.25, 0.3) is 0 Å². The molecule has 0 aromatic carbocycles. The Bertz CT molecular complexity index is 333. The normalized spacial score (nSPS) is 39.4. The molecule has 0 saturated heterocycles. The minimum absolute atomic E-state index is 0.213. The van der Waals surface area contributed by atoms with Crippen molar-refractivity contribution >= 4 is 0 Å². The highest BCUT2D eigenvalue weighted by Crippen LogP contribution is 2.66. The van der Waals surface area contributed by atoms with E-state index in [0.717, 1.165) is 0 Å². The molecule has 17 heavy (non-hydrogen) atoms. The second-order valence-corrected chi connectivity index (χ2v) is 4.41. The van der Waals surface area contributed by atoms with Crippen LogP contribution in [0.3, 0.4) is 0 Å². The predicted molar refractivity (Wildman–Crippen MR) is 39.9 cm³/mol. The van der Waals surface area contributed by atoms with Gasteiger partial charge in [-0.25, -0.2) is 8.78 Å². The summed E-state index contributed by atoms with van der Waals surface area (Å²) in [5.41, 5.74) is -8.51. The van der Waals surface area contributed by atoms with Crippen molar-refractivity contribution in [3.05, 3.63) is 0 Å². The third-order valence-corrected chi connectivity index (χ3v) is 2.83. The third-order valence-electron chi connectivity index (χ3n) is 2.83. The first-order valence-electron chi connectivity index (χ1n) is 4.34. The van der Waals surface area contributed by atoms with E-state index in [1.54, 1.807) is 0 Å². The van der Waals surface area contributed by atoms with Gasteiger partial charge in [0.05, 0.1) is 0 Å². The van der Waals surface area contributed by atoms with Crippen LogP contribution >= 0.6 is 0 Å². The van der Waals surface area contributed by atoms with Crippen molar-refractivity contribution in [2.24, 2.45) is 0 Å². The summed E-state index contributed by atoms with van der Waals surface area (Å²) in [6, 6.07) is 0. The fourth-order valence-corrected chi connectivity index (χ4v) is 1.70. The van der Waals surface area contributed by atoms with Crippen molar-refractivity contribution in [2.45, 2.75) is 49.1 Å². The van der Waals surface area contributed by atoms with E-state index in [0.29, 0.717) is 0 Å². The zero-order valence-corrected chi connectivity index (χ0v) is 8.55. The summed E-state index contributed by atoms with van der Waals surface area (Å²) < 4.78 is 103. The van der Waals surface area contributed by atoms with Gasteiger partial charge in [0.25, 0.3) is 0 Å². The van der Waals surface area contributed by atoms with Crippen molar-refractivity contribution < 1.29 is 40.2 Å². The average Bonchev–Trinajstić information content (AvgIpc) is 2.17. The highest BCUT2D eigenvalue weighted by Gasteiger charge is 2.95. The molecule has 0 radical (unpaired) electrons. The molecule has 0 bridgehead atoms. The molecular weight excluding hydrogens is 264 g/mol. The van der Waals surface area contributed by atoms with Gasteiger partial charge in [0, 0.05) is 0 Å². The fourth-order valence-electron chi connectivity index (χ4n) is 1.70. The Labute approximate surface area is 90.4 Å². The van der Waals surface area contributed by atoms with E-state index < -0.39 is 35.2 Å². The van der Waals surface area contributed by atoms with Crippen LogP contribution in [0.1, 0.15) is 13.8 Å². The SMILES string of the molecule is CC(C)(O)C1(F)C(F)C(F)(F)C(F)(F)C1(F)F. The minimum atomic E-state index is -6.23. The summed E-state index contributed by atoms with van der Waals surface area (Å²) in [7, 11) is 0. The summed E-state index contributed by atoms with van der Waals surface area (Å²) in [5.74, 6) is -18.2. The maximum absolute atomic E-state index is 13.6. The molecule has 0 aromatic rings. The first kappa shape index (κ1) is 14.5. The Morgan fingerprint density at radius 3 is 1.35 bits per heavy atom. The van der Waals surface area contributed by atoms with Crippen LogP contribution in [0, 0.1) is 0 Å². The molecule has 2 atom stereocenters. The van der Waals surface area contributed by atoms with Crippen molar-refractivity contribution in [1.29, 1.82) is 0 Å². The Kier molecular flexibility index (Phi) is 2.59. The van der Waals surface area contributed by atoms with Gasteiger partial charge in [-0.1, -0.05) is 0 Å². The van der Waals surface area contributed by atoms with Gasteiger partial charge >= 0.3 is 17.8 Å². The number of hydrogen-bond donors (Lipinski definition) is 1. The molecule has 2 unspecified atom stereocenters. The first-order chi connectivity index (χ1) is 7.15. The summed E-state index contributed by atoms with van der Waals surface area (Å²) in [4.78, 5) is 0. The lowest BCUT2D eigenvalue weighted by molar-refractivity contribution is -0.302. The number of halogens is 8. The third kappa shape index (κ3) is 1.23. The molecule has 1 N–H and O–H groups in total. The van der Waals surface area contributed by atoms with E-state index in [4.69, 9.17) is 5.11 Å². The van der Waals surface area contributed by atoms with Crippen LogP contribution in [-0.4, -0.2) is 40.3 Å². The highest BCUT2D eigenvalue weighted by molar-refractivity contribution is 5.27. The highest BCUT2D eigenvalue weighted by atomic mass is 19.4.